The van der Waals surface area contributed by atoms with E-state index in [1.807, 2.05) is 0 Å². The second-order valence-corrected chi connectivity index (χ2v) is 9.39. The minimum absolute atomic E-state index is 0.000246. The molecule has 2 aromatic rings. The largest absolute Gasteiger partial charge is 0.325 e. The van der Waals surface area contributed by atoms with Crippen LogP contribution < -0.4 is 5.32 Å². The third kappa shape index (κ3) is 2.92. The summed E-state index contributed by atoms with van der Waals surface area (Å²) in [5.41, 5.74) is 3.55. The van der Waals surface area contributed by atoms with Gasteiger partial charge in [-0.2, -0.15) is 5.10 Å². The first-order valence-corrected chi connectivity index (χ1v) is 10.5. The van der Waals surface area contributed by atoms with E-state index in [2.05, 4.69) is 36.3 Å². The predicted molar refractivity (Wildman–Crippen MR) is 109 cm³/mol. The lowest BCUT2D eigenvalue weighted by molar-refractivity contribution is -0.113. The van der Waals surface area contributed by atoms with E-state index in [1.165, 1.54) is 18.7 Å². The number of thioether (sulfide) groups is 1. The number of hydrogen-bond acceptors (Lipinski definition) is 6. The molecule has 2 unspecified atom stereocenters. The number of rotatable bonds is 5. The monoisotopic (exact) mass is 396 g/mol. The molecule has 146 valence electrons. The van der Waals surface area contributed by atoms with E-state index in [1.54, 1.807) is 24.3 Å². The Labute approximate surface area is 168 Å². The molecule has 6 nitrogen and oxygen atoms in total. The van der Waals surface area contributed by atoms with Gasteiger partial charge < -0.3 is 5.32 Å². The Morgan fingerprint density at radius 3 is 2.57 bits per heavy atom. The lowest BCUT2D eigenvalue weighted by Crippen LogP contribution is -2.32. The maximum Gasteiger partial charge on any atom is 0.234 e. The number of aromatic nitrogens is 3. The molecule has 0 spiro atoms. The number of nitrogens with zero attached hydrogens (tertiary/aromatic N) is 3. The normalized spacial score (nSPS) is 24.1. The molecule has 28 heavy (non-hydrogen) atoms. The van der Waals surface area contributed by atoms with E-state index in [-0.39, 0.29) is 28.3 Å². The number of anilines is 1. The summed E-state index contributed by atoms with van der Waals surface area (Å²) in [6, 6.07) is 6.87. The van der Waals surface area contributed by atoms with Crippen molar-refractivity contribution in [2.24, 2.45) is 5.41 Å². The average Bonchev–Trinajstić information content (AvgIpc) is 2.99. The molecule has 1 N–H and O–H groups in total. The average molecular weight is 397 g/mol. The summed E-state index contributed by atoms with van der Waals surface area (Å²) in [4.78, 5) is 28.4. The Kier molecular flexibility index (Phi) is 4.53. The first-order chi connectivity index (χ1) is 13.2. The predicted octanol–water partition coefficient (Wildman–Crippen LogP) is 3.98. The molecule has 1 aromatic carbocycles. The molecule has 2 atom stereocenters. The van der Waals surface area contributed by atoms with Crippen LogP contribution in [-0.4, -0.2) is 32.6 Å². The molecule has 7 heteroatoms. The highest BCUT2D eigenvalue weighted by Gasteiger charge is 2.61. The second kappa shape index (κ2) is 6.65. The Bertz CT molecular complexity index is 957. The number of carbonyl (C=O) groups excluding carboxylic acids is 2. The molecule has 2 aliphatic carbocycles. The van der Waals surface area contributed by atoms with Gasteiger partial charge in [0.25, 0.3) is 0 Å². The number of nitrogens with one attached hydrogen (secondary N) is 1. The lowest BCUT2D eigenvalue weighted by Gasteiger charge is -2.33. The number of Topliss-reactive ketones (excluding diaryl/α,β-unsaturated/α-hetero) is 1. The minimum atomic E-state index is -0.141. The molecule has 0 radical (unpaired) electrons. The quantitative estimate of drug-likeness (QED) is 0.608. The van der Waals surface area contributed by atoms with Crippen molar-refractivity contribution in [3.05, 3.63) is 41.2 Å². The minimum Gasteiger partial charge on any atom is -0.325 e. The van der Waals surface area contributed by atoms with Crippen LogP contribution in [0.15, 0.2) is 29.4 Å². The van der Waals surface area contributed by atoms with Crippen molar-refractivity contribution >= 4 is 29.1 Å². The van der Waals surface area contributed by atoms with Crippen molar-refractivity contribution in [1.29, 1.82) is 0 Å². The summed E-state index contributed by atoms with van der Waals surface area (Å²) < 4.78 is 0. The smallest absolute Gasteiger partial charge is 0.234 e. The van der Waals surface area contributed by atoms with Crippen molar-refractivity contribution in [3.63, 3.8) is 0 Å². The van der Waals surface area contributed by atoms with E-state index < -0.39 is 0 Å². The van der Waals surface area contributed by atoms with Gasteiger partial charge in [-0.05, 0) is 49.4 Å². The number of fused-ring (bicyclic) bond motifs is 5. The number of hydrogen-bond donors (Lipinski definition) is 1. The Morgan fingerprint density at radius 2 is 1.89 bits per heavy atom. The van der Waals surface area contributed by atoms with Crippen LogP contribution in [0.4, 0.5) is 5.69 Å². The number of benzene rings is 1. The highest BCUT2D eigenvalue weighted by molar-refractivity contribution is 7.99. The molecule has 1 aromatic heterocycles. The fourth-order valence-electron chi connectivity index (χ4n) is 4.54. The third-order valence-electron chi connectivity index (χ3n) is 6.68. The molecule has 4 rings (SSSR count). The molecule has 2 bridgehead atoms. The molecule has 0 saturated heterocycles. The van der Waals surface area contributed by atoms with Crippen molar-refractivity contribution in [2.45, 2.75) is 57.0 Å². The van der Waals surface area contributed by atoms with Gasteiger partial charge in [-0.3, -0.25) is 9.59 Å². The molecule has 1 fully saturated rings. The van der Waals surface area contributed by atoms with E-state index in [9.17, 15) is 9.59 Å². The zero-order valence-electron chi connectivity index (χ0n) is 16.6. The van der Waals surface area contributed by atoms with Gasteiger partial charge in [0.2, 0.25) is 11.1 Å². The van der Waals surface area contributed by atoms with Gasteiger partial charge in [0, 0.05) is 22.6 Å². The van der Waals surface area contributed by atoms with Crippen LogP contribution in [0.25, 0.3) is 0 Å². The van der Waals surface area contributed by atoms with Gasteiger partial charge >= 0.3 is 0 Å². The molecule has 1 amide bonds. The molecule has 2 aliphatic rings. The van der Waals surface area contributed by atoms with Crippen LogP contribution in [0.3, 0.4) is 0 Å². The SMILES string of the molecule is CC(=O)c1ccc(NC(=O)CSc2nnc3c(n2)C2(C)CCC3C2(C)C)cc1. The van der Waals surface area contributed by atoms with E-state index in [4.69, 9.17) is 4.98 Å². The standard InChI is InChI=1S/C21H24N4O2S/c1-12(26)13-5-7-14(8-6-13)22-16(27)11-28-19-23-18-17(24-25-19)15-9-10-21(18,4)20(15,2)3/h5-8,15H,9-11H2,1-4H3,(H,22,27). The fourth-order valence-corrected chi connectivity index (χ4v) is 5.13. The van der Waals surface area contributed by atoms with Gasteiger partial charge in [-0.1, -0.05) is 32.5 Å². The number of ketones is 1. The number of carbonyl (C=O) groups is 2. The Balaban J connectivity index is 1.41. The maximum atomic E-state index is 12.3. The van der Waals surface area contributed by atoms with Crippen LogP contribution in [0.2, 0.25) is 0 Å². The summed E-state index contributed by atoms with van der Waals surface area (Å²) in [6.07, 6.45) is 2.27. The van der Waals surface area contributed by atoms with Gasteiger partial charge in [-0.15, -0.1) is 5.10 Å². The van der Waals surface area contributed by atoms with Crippen LogP contribution in [0, 0.1) is 5.41 Å². The third-order valence-corrected chi connectivity index (χ3v) is 7.52. The summed E-state index contributed by atoms with van der Waals surface area (Å²) >= 11 is 1.30. The fraction of sp³-hybridized carbons (Fsp3) is 0.476. The molecule has 0 aliphatic heterocycles. The van der Waals surface area contributed by atoms with E-state index in [0.717, 1.165) is 24.2 Å². The van der Waals surface area contributed by atoms with Gasteiger partial charge in [0.1, 0.15) is 0 Å². The summed E-state index contributed by atoms with van der Waals surface area (Å²) in [5.74, 6) is 0.490. The van der Waals surface area contributed by atoms with Crippen molar-refractivity contribution in [2.75, 3.05) is 11.1 Å². The van der Waals surface area contributed by atoms with Gasteiger partial charge in [0.15, 0.2) is 5.78 Å². The van der Waals surface area contributed by atoms with Crippen molar-refractivity contribution in [3.8, 4) is 0 Å². The topological polar surface area (TPSA) is 84.8 Å². The van der Waals surface area contributed by atoms with E-state index in [0.29, 0.717) is 22.3 Å². The maximum absolute atomic E-state index is 12.3. The summed E-state index contributed by atoms with van der Waals surface area (Å²) in [7, 11) is 0. The zero-order chi connectivity index (χ0) is 20.1. The Morgan fingerprint density at radius 1 is 1.18 bits per heavy atom. The van der Waals surface area contributed by atoms with Crippen LogP contribution in [0.5, 0.6) is 0 Å². The van der Waals surface area contributed by atoms with Gasteiger partial charge in [0.05, 0.1) is 17.1 Å². The van der Waals surface area contributed by atoms with E-state index >= 15 is 0 Å². The van der Waals surface area contributed by atoms with Crippen molar-refractivity contribution in [1.82, 2.24) is 15.2 Å². The number of amides is 1. The second-order valence-electron chi connectivity index (χ2n) is 8.44. The first kappa shape index (κ1) is 19.1. The van der Waals surface area contributed by atoms with Crippen LogP contribution in [-0.2, 0) is 10.2 Å². The van der Waals surface area contributed by atoms with Crippen molar-refractivity contribution < 1.29 is 9.59 Å². The summed E-state index contributed by atoms with van der Waals surface area (Å²) in [6.45, 7) is 8.39. The van der Waals surface area contributed by atoms with Crippen LogP contribution in [0.1, 0.15) is 68.2 Å². The summed E-state index contributed by atoms with van der Waals surface area (Å²) in [5, 5.41) is 12.1. The molecule has 1 saturated carbocycles. The molecular formula is C21H24N4O2S. The molecule has 1 heterocycles. The Hall–Kier alpha value is -2.28. The first-order valence-electron chi connectivity index (χ1n) is 9.51. The van der Waals surface area contributed by atoms with Gasteiger partial charge in [-0.25, -0.2) is 4.98 Å². The zero-order valence-corrected chi connectivity index (χ0v) is 17.4. The highest BCUT2D eigenvalue weighted by Crippen LogP contribution is 2.66. The molecular weight excluding hydrogens is 372 g/mol. The highest BCUT2D eigenvalue weighted by atomic mass is 32.2. The van der Waals surface area contributed by atoms with Crippen LogP contribution >= 0.6 is 11.8 Å². The lowest BCUT2D eigenvalue weighted by atomic mass is 9.70.